The Hall–Kier alpha value is -1.38. The Balaban J connectivity index is 2.31. The van der Waals surface area contributed by atoms with E-state index in [2.05, 4.69) is 0 Å². The second kappa shape index (κ2) is 2.89. The topological polar surface area (TPSA) is 70.5 Å². The van der Waals surface area contributed by atoms with Crippen molar-refractivity contribution < 1.29 is 13.2 Å². The first-order chi connectivity index (χ1) is 7.89. The van der Waals surface area contributed by atoms with E-state index in [9.17, 15) is 8.42 Å². The first kappa shape index (κ1) is 10.8. The summed E-state index contributed by atoms with van der Waals surface area (Å²) in [5.74, 6) is 0. The highest BCUT2D eigenvalue weighted by atomic mass is 32.2. The zero-order chi connectivity index (χ0) is 12.4. The highest BCUT2D eigenvalue weighted by Crippen LogP contribution is 2.55. The summed E-state index contributed by atoms with van der Waals surface area (Å²) in [7, 11) is -3.39. The maximum Gasteiger partial charge on any atom is 0.186 e. The second-order valence-electron chi connectivity index (χ2n) is 4.95. The Morgan fingerprint density at radius 2 is 2.12 bits per heavy atom. The molecule has 0 N–H and O–H groups in total. The van der Waals surface area contributed by atoms with Gasteiger partial charge in [-0.1, -0.05) is 0 Å². The monoisotopic (exact) mass is 249 g/mol. The summed E-state index contributed by atoms with van der Waals surface area (Å²) in [6, 6.07) is 6.69. The van der Waals surface area contributed by atoms with E-state index >= 15 is 0 Å². The van der Waals surface area contributed by atoms with E-state index in [0.29, 0.717) is 16.0 Å². The third-order valence-corrected chi connectivity index (χ3v) is 6.17. The maximum absolute atomic E-state index is 12.4. The molecular weight excluding hydrogens is 238 g/mol. The molecule has 0 saturated carbocycles. The Morgan fingerprint density at radius 3 is 2.76 bits per heavy atom. The maximum atomic E-state index is 12.4. The van der Waals surface area contributed by atoms with Gasteiger partial charge in [0.05, 0.1) is 16.5 Å². The number of benzene rings is 1. The quantitative estimate of drug-likeness (QED) is 0.654. The molecule has 0 bridgehead atoms. The average Bonchev–Trinajstić information content (AvgIpc) is 3.07. The van der Waals surface area contributed by atoms with Gasteiger partial charge < -0.3 is 4.74 Å². The predicted molar refractivity (Wildman–Crippen MR) is 60.0 cm³/mol. The van der Waals surface area contributed by atoms with E-state index in [1.807, 2.05) is 6.07 Å². The number of sulfone groups is 1. The van der Waals surface area contributed by atoms with Crippen molar-refractivity contribution >= 4 is 9.84 Å². The predicted octanol–water partition coefficient (Wildman–Crippen LogP) is 1.56. The lowest BCUT2D eigenvalue weighted by molar-refractivity contribution is 0.346. The lowest BCUT2D eigenvalue weighted by Gasteiger charge is -2.27. The Labute approximate surface area is 99.7 Å². The van der Waals surface area contributed by atoms with Crippen molar-refractivity contribution in [3.8, 4) is 6.07 Å². The Kier molecular flexibility index (Phi) is 1.83. The van der Waals surface area contributed by atoms with Crippen LogP contribution in [0.2, 0.25) is 0 Å². The molecule has 4 nitrogen and oxygen atoms in total. The fraction of sp³-hybridized carbons (Fsp3) is 0.417. The van der Waals surface area contributed by atoms with Crippen LogP contribution in [0.5, 0.6) is 0 Å². The first-order valence-corrected chi connectivity index (χ1v) is 6.82. The first-order valence-electron chi connectivity index (χ1n) is 5.34. The molecule has 2 unspecified atom stereocenters. The van der Waals surface area contributed by atoms with Crippen LogP contribution >= 0.6 is 0 Å². The van der Waals surface area contributed by atoms with Crippen molar-refractivity contribution in [3.63, 3.8) is 0 Å². The highest BCUT2D eigenvalue weighted by Gasteiger charge is 2.62. The molecule has 88 valence electrons. The van der Waals surface area contributed by atoms with Crippen molar-refractivity contribution in [2.24, 2.45) is 0 Å². The summed E-state index contributed by atoms with van der Waals surface area (Å²) in [6.45, 7) is 3.38. The molecule has 2 aliphatic rings. The lowest BCUT2D eigenvalue weighted by atomic mass is 9.99. The van der Waals surface area contributed by atoms with Gasteiger partial charge in [-0.25, -0.2) is 8.42 Å². The summed E-state index contributed by atoms with van der Waals surface area (Å²) in [5, 5.41) is 8.83. The van der Waals surface area contributed by atoms with Crippen LogP contribution in [0.15, 0.2) is 23.1 Å². The molecule has 2 atom stereocenters. The third-order valence-electron chi connectivity index (χ3n) is 3.60. The van der Waals surface area contributed by atoms with Crippen LogP contribution in [0.3, 0.4) is 0 Å². The standard InChI is InChI=1S/C12H11NO3S/c1-12(2)11-10(16-11)8-5-7(6-13)3-4-9(8)17(12,14)15/h3-5,10-11H,1-2H3. The number of nitrogens with zero attached hydrogens (tertiary/aromatic N) is 1. The number of nitriles is 1. The molecule has 0 radical (unpaired) electrons. The SMILES string of the molecule is CC1(C)C2OC2c2cc(C#N)ccc2S1(=O)=O. The summed E-state index contributed by atoms with van der Waals surface area (Å²) in [6.07, 6.45) is -0.453. The second-order valence-corrected chi connectivity index (χ2v) is 7.45. The number of epoxide rings is 1. The minimum Gasteiger partial charge on any atom is -0.363 e. The number of hydrogen-bond acceptors (Lipinski definition) is 4. The van der Waals surface area contributed by atoms with Crippen LogP contribution in [0.25, 0.3) is 0 Å². The Bertz CT molecular complexity index is 655. The average molecular weight is 249 g/mol. The zero-order valence-corrected chi connectivity index (χ0v) is 10.3. The fourth-order valence-corrected chi connectivity index (χ4v) is 4.18. The van der Waals surface area contributed by atoms with Crippen LogP contribution in [0.4, 0.5) is 0 Å². The highest BCUT2D eigenvalue weighted by molar-refractivity contribution is 7.93. The minimum absolute atomic E-state index is 0.170. The van der Waals surface area contributed by atoms with Gasteiger partial charge in [0.1, 0.15) is 17.0 Å². The third kappa shape index (κ3) is 1.17. The van der Waals surface area contributed by atoms with Gasteiger partial charge in [0, 0.05) is 5.56 Å². The van der Waals surface area contributed by atoms with Crippen molar-refractivity contribution in [2.45, 2.75) is 35.7 Å². The van der Waals surface area contributed by atoms with E-state index < -0.39 is 14.6 Å². The zero-order valence-electron chi connectivity index (χ0n) is 9.47. The van der Waals surface area contributed by atoms with Gasteiger partial charge in [0.2, 0.25) is 0 Å². The summed E-state index contributed by atoms with van der Waals surface area (Å²) >= 11 is 0. The molecule has 3 rings (SSSR count). The molecule has 0 amide bonds. The van der Waals surface area contributed by atoms with Crippen LogP contribution in [0.1, 0.15) is 31.1 Å². The fourth-order valence-electron chi connectivity index (χ4n) is 2.40. The molecule has 2 aliphatic heterocycles. The van der Waals surface area contributed by atoms with Gasteiger partial charge in [-0.05, 0) is 32.0 Å². The lowest BCUT2D eigenvalue weighted by Crippen LogP contribution is -2.41. The van der Waals surface area contributed by atoms with E-state index in [0.717, 1.165) is 0 Å². The number of fused-ring (bicyclic) bond motifs is 3. The van der Waals surface area contributed by atoms with Crippen molar-refractivity contribution in [2.75, 3.05) is 0 Å². The molecule has 17 heavy (non-hydrogen) atoms. The molecule has 0 spiro atoms. The number of rotatable bonds is 0. The van der Waals surface area contributed by atoms with E-state index in [1.54, 1.807) is 19.9 Å². The number of hydrogen-bond donors (Lipinski definition) is 0. The molecule has 1 aromatic rings. The smallest absolute Gasteiger partial charge is 0.186 e. The molecule has 1 saturated heterocycles. The van der Waals surface area contributed by atoms with E-state index in [-0.39, 0.29) is 12.2 Å². The number of ether oxygens (including phenoxy) is 1. The van der Waals surface area contributed by atoms with Gasteiger partial charge in [-0.15, -0.1) is 0 Å². The van der Waals surface area contributed by atoms with Gasteiger partial charge in [0.25, 0.3) is 0 Å². The molecule has 2 heterocycles. The van der Waals surface area contributed by atoms with Gasteiger partial charge in [-0.2, -0.15) is 5.26 Å². The van der Waals surface area contributed by atoms with Gasteiger partial charge in [0.15, 0.2) is 9.84 Å². The van der Waals surface area contributed by atoms with Crippen molar-refractivity contribution in [1.29, 1.82) is 5.26 Å². The summed E-state index contributed by atoms with van der Waals surface area (Å²) in [5.41, 5.74) is 1.10. The molecule has 1 aromatic carbocycles. The van der Waals surface area contributed by atoms with Crippen LogP contribution in [-0.2, 0) is 14.6 Å². The minimum atomic E-state index is -3.39. The molecule has 0 aliphatic carbocycles. The molecule has 1 fully saturated rings. The van der Waals surface area contributed by atoms with Gasteiger partial charge >= 0.3 is 0 Å². The van der Waals surface area contributed by atoms with Crippen LogP contribution < -0.4 is 0 Å². The normalized spacial score (nSPS) is 30.9. The van der Waals surface area contributed by atoms with E-state index in [1.165, 1.54) is 12.1 Å². The van der Waals surface area contributed by atoms with Gasteiger partial charge in [-0.3, -0.25) is 0 Å². The molecule has 5 heteroatoms. The largest absolute Gasteiger partial charge is 0.363 e. The van der Waals surface area contributed by atoms with E-state index in [4.69, 9.17) is 10.00 Å². The van der Waals surface area contributed by atoms with Crippen LogP contribution in [0, 0.1) is 11.3 Å². The summed E-state index contributed by atoms with van der Waals surface area (Å²) < 4.78 is 29.4. The Morgan fingerprint density at radius 1 is 1.41 bits per heavy atom. The molecular formula is C12H11NO3S. The van der Waals surface area contributed by atoms with Crippen molar-refractivity contribution in [1.82, 2.24) is 0 Å². The summed E-state index contributed by atoms with van der Waals surface area (Å²) in [4.78, 5) is 0.306. The molecule has 0 aromatic heterocycles. The van der Waals surface area contributed by atoms with Crippen molar-refractivity contribution in [3.05, 3.63) is 29.3 Å². The van der Waals surface area contributed by atoms with Crippen LogP contribution in [-0.4, -0.2) is 19.3 Å².